The summed E-state index contributed by atoms with van der Waals surface area (Å²) in [4.78, 5) is 12.5. The maximum atomic E-state index is 12.5. The summed E-state index contributed by atoms with van der Waals surface area (Å²) in [6, 6.07) is 10.3. The minimum Gasteiger partial charge on any atom is -0.322 e. The van der Waals surface area contributed by atoms with E-state index < -0.39 is 10.0 Å². The molecule has 1 aliphatic rings. The van der Waals surface area contributed by atoms with Crippen LogP contribution in [0.4, 0.5) is 11.4 Å². The van der Waals surface area contributed by atoms with Crippen LogP contribution in [0.25, 0.3) is 0 Å². The molecule has 25 heavy (non-hydrogen) atoms. The number of amides is 1. The van der Waals surface area contributed by atoms with Crippen molar-refractivity contribution in [3.05, 3.63) is 58.1 Å². The SMILES string of the molecule is Cc1ccc(NC(=O)c2ccc3c(c2)CC(C)N3S(C)(=O)=O)cc1Cl. The first kappa shape index (κ1) is 17.8. The lowest BCUT2D eigenvalue weighted by Gasteiger charge is -2.21. The summed E-state index contributed by atoms with van der Waals surface area (Å²) < 4.78 is 25.3. The molecule has 0 aromatic heterocycles. The van der Waals surface area contributed by atoms with Gasteiger partial charge in [-0.25, -0.2) is 8.42 Å². The fourth-order valence-electron chi connectivity index (χ4n) is 3.12. The highest BCUT2D eigenvalue weighted by Crippen LogP contribution is 2.34. The topological polar surface area (TPSA) is 66.5 Å². The Morgan fingerprint density at radius 1 is 1.24 bits per heavy atom. The number of sulfonamides is 1. The molecule has 132 valence electrons. The Hall–Kier alpha value is -2.05. The van der Waals surface area contributed by atoms with Crippen LogP contribution in [-0.2, 0) is 16.4 Å². The van der Waals surface area contributed by atoms with Crippen LogP contribution >= 0.6 is 11.6 Å². The third-order valence-corrected chi connectivity index (χ3v) is 5.96. The second-order valence-electron chi connectivity index (χ2n) is 6.37. The van der Waals surface area contributed by atoms with Crippen LogP contribution in [-0.4, -0.2) is 26.6 Å². The molecule has 0 saturated heterocycles. The normalized spacial score (nSPS) is 16.6. The zero-order valence-corrected chi connectivity index (χ0v) is 15.8. The number of aryl methyl sites for hydroxylation is 1. The molecule has 1 N–H and O–H groups in total. The number of hydrogen-bond acceptors (Lipinski definition) is 3. The summed E-state index contributed by atoms with van der Waals surface area (Å²) in [5, 5.41) is 3.40. The molecule has 0 saturated carbocycles. The fourth-order valence-corrected chi connectivity index (χ4v) is 4.57. The van der Waals surface area contributed by atoms with Crippen molar-refractivity contribution in [2.75, 3.05) is 15.9 Å². The van der Waals surface area contributed by atoms with Crippen molar-refractivity contribution in [1.29, 1.82) is 0 Å². The van der Waals surface area contributed by atoms with Gasteiger partial charge in [-0.05, 0) is 61.7 Å². The van der Waals surface area contributed by atoms with Crippen molar-refractivity contribution >= 4 is 38.9 Å². The Kier molecular flexibility index (Phi) is 4.51. The summed E-state index contributed by atoms with van der Waals surface area (Å²) in [6.07, 6.45) is 1.78. The fraction of sp³-hybridized carbons (Fsp3) is 0.278. The molecule has 5 nitrogen and oxygen atoms in total. The maximum absolute atomic E-state index is 12.5. The molecule has 0 radical (unpaired) electrons. The summed E-state index contributed by atoms with van der Waals surface area (Å²) in [5.41, 5.74) is 3.54. The van der Waals surface area contributed by atoms with Crippen molar-refractivity contribution < 1.29 is 13.2 Å². The van der Waals surface area contributed by atoms with Crippen molar-refractivity contribution in [1.82, 2.24) is 0 Å². The molecule has 1 amide bonds. The van der Waals surface area contributed by atoms with E-state index in [4.69, 9.17) is 11.6 Å². The zero-order valence-electron chi connectivity index (χ0n) is 14.2. The van der Waals surface area contributed by atoms with Gasteiger partial charge in [0.1, 0.15) is 0 Å². The van der Waals surface area contributed by atoms with Gasteiger partial charge >= 0.3 is 0 Å². The van der Waals surface area contributed by atoms with Crippen LogP contribution in [0.1, 0.15) is 28.4 Å². The molecule has 0 aliphatic carbocycles. The van der Waals surface area contributed by atoms with E-state index in [-0.39, 0.29) is 11.9 Å². The van der Waals surface area contributed by atoms with Gasteiger partial charge in [0.25, 0.3) is 5.91 Å². The first-order valence-corrected chi connectivity index (χ1v) is 10.1. The average molecular weight is 379 g/mol. The van der Waals surface area contributed by atoms with Crippen LogP contribution in [0.5, 0.6) is 0 Å². The van der Waals surface area contributed by atoms with E-state index in [0.29, 0.717) is 28.4 Å². The van der Waals surface area contributed by atoms with Crippen LogP contribution in [0.3, 0.4) is 0 Å². The Balaban J connectivity index is 1.86. The molecule has 7 heteroatoms. The number of nitrogens with zero attached hydrogens (tertiary/aromatic N) is 1. The minimum absolute atomic E-state index is 0.154. The molecule has 1 atom stereocenters. The predicted octanol–water partition coefficient (Wildman–Crippen LogP) is 3.61. The van der Waals surface area contributed by atoms with E-state index in [9.17, 15) is 13.2 Å². The number of nitrogens with one attached hydrogen (secondary N) is 1. The molecule has 0 fully saturated rings. The lowest BCUT2D eigenvalue weighted by molar-refractivity contribution is 0.102. The van der Waals surface area contributed by atoms with Gasteiger partial charge in [-0.3, -0.25) is 9.10 Å². The van der Waals surface area contributed by atoms with Gasteiger partial charge in [0.2, 0.25) is 10.0 Å². The lowest BCUT2D eigenvalue weighted by atomic mass is 10.1. The van der Waals surface area contributed by atoms with Crippen molar-refractivity contribution in [2.45, 2.75) is 26.3 Å². The summed E-state index contributed by atoms with van der Waals surface area (Å²) in [6.45, 7) is 3.75. The highest BCUT2D eigenvalue weighted by molar-refractivity contribution is 7.92. The molecular formula is C18H19ClN2O3S. The van der Waals surface area contributed by atoms with E-state index in [1.807, 2.05) is 19.9 Å². The van der Waals surface area contributed by atoms with Gasteiger partial charge in [-0.1, -0.05) is 17.7 Å². The maximum Gasteiger partial charge on any atom is 0.255 e. The molecule has 1 aliphatic heterocycles. The zero-order chi connectivity index (χ0) is 18.4. The quantitative estimate of drug-likeness (QED) is 0.887. The van der Waals surface area contributed by atoms with E-state index >= 15 is 0 Å². The highest BCUT2D eigenvalue weighted by atomic mass is 35.5. The van der Waals surface area contributed by atoms with E-state index in [1.165, 1.54) is 10.6 Å². The van der Waals surface area contributed by atoms with Gasteiger partial charge in [0.05, 0.1) is 11.9 Å². The first-order chi connectivity index (χ1) is 11.7. The third-order valence-electron chi connectivity index (χ3n) is 4.28. The van der Waals surface area contributed by atoms with Gasteiger partial charge in [0, 0.05) is 22.3 Å². The number of anilines is 2. The number of halogens is 1. The number of fused-ring (bicyclic) bond motifs is 1. The van der Waals surface area contributed by atoms with Crippen molar-refractivity contribution in [2.24, 2.45) is 0 Å². The van der Waals surface area contributed by atoms with Crippen LogP contribution in [0.2, 0.25) is 5.02 Å². The number of rotatable bonds is 3. The summed E-state index contributed by atoms with van der Waals surface area (Å²) in [7, 11) is -3.34. The summed E-state index contributed by atoms with van der Waals surface area (Å²) >= 11 is 6.08. The minimum atomic E-state index is -3.34. The molecule has 1 heterocycles. The van der Waals surface area contributed by atoms with E-state index in [2.05, 4.69) is 5.32 Å². The van der Waals surface area contributed by atoms with Gasteiger partial charge in [-0.15, -0.1) is 0 Å². The summed E-state index contributed by atoms with van der Waals surface area (Å²) in [5.74, 6) is -0.256. The van der Waals surface area contributed by atoms with Crippen molar-refractivity contribution in [3.63, 3.8) is 0 Å². The van der Waals surface area contributed by atoms with Gasteiger partial charge in [0.15, 0.2) is 0 Å². The number of benzene rings is 2. The van der Waals surface area contributed by atoms with Gasteiger partial charge in [-0.2, -0.15) is 0 Å². The van der Waals surface area contributed by atoms with Crippen LogP contribution in [0, 0.1) is 6.92 Å². The molecule has 2 aromatic carbocycles. The second-order valence-corrected chi connectivity index (χ2v) is 8.64. The predicted molar refractivity (Wildman–Crippen MR) is 101 cm³/mol. The molecule has 0 spiro atoms. The monoisotopic (exact) mass is 378 g/mol. The first-order valence-electron chi connectivity index (χ1n) is 7.86. The molecule has 0 bridgehead atoms. The Morgan fingerprint density at radius 2 is 1.96 bits per heavy atom. The molecule has 2 aromatic rings. The average Bonchev–Trinajstić information content (AvgIpc) is 2.85. The van der Waals surface area contributed by atoms with E-state index in [0.717, 1.165) is 11.1 Å². The van der Waals surface area contributed by atoms with E-state index in [1.54, 1.807) is 30.3 Å². The smallest absolute Gasteiger partial charge is 0.255 e. The molecular weight excluding hydrogens is 360 g/mol. The Bertz CT molecular complexity index is 957. The number of hydrogen-bond donors (Lipinski definition) is 1. The molecule has 3 rings (SSSR count). The molecule has 1 unspecified atom stereocenters. The largest absolute Gasteiger partial charge is 0.322 e. The second kappa shape index (κ2) is 6.35. The number of carbonyl (C=O) groups excluding carboxylic acids is 1. The third kappa shape index (κ3) is 3.50. The lowest BCUT2D eigenvalue weighted by Crippen LogP contribution is -2.34. The highest BCUT2D eigenvalue weighted by Gasteiger charge is 2.32. The van der Waals surface area contributed by atoms with Gasteiger partial charge < -0.3 is 5.32 Å². The number of carbonyl (C=O) groups is 1. The Labute approximate surface area is 152 Å². The standard InChI is InChI=1S/C18H19ClN2O3S/c1-11-4-6-15(10-16(11)19)20-18(22)13-5-7-17-14(9-13)8-12(2)21(17)25(3,23)24/h4-7,9-10,12H,8H2,1-3H3,(H,20,22). The van der Waals surface area contributed by atoms with Crippen molar-refractivity contribution in [3.8, 4) is 0 Å². The Morgan fingerprint density at radius 3 is 2.60 bits per heavy atom. The van der Waals surface area contributed by atoms with Crippen LogP contribution in [0.15, 0.2) is 36.4 Å². The van der Waals surface area contributed by atoms with Crippen LogP contribution < -0.4 is 9.62 Å².